The predicted molar refractivity (Wildman–Crippen MR) is 95.4 cm³/mol. The van der Waals surface area contributed by atoms with Gasteiger partial charge in [0.05, 0.1) is 13.7 Å². The average molecular weight is 336 g/mol. The fourth-order valence-electron chi connectivity index (χ4n) is 2.93. The summed E-state index contributed by atoms with van der Waals surface area (Å²) in [7, 11) is 1.60. The van der Waals surface area contributed by atoms with E-state index in [1.807, 2.05) is 37.3 Å². The molecule has 25 heavy (non-hydrogen) atoms. The first kappa shape index (κ1) is 15.3. The zero-order chi connectivity index (χ0) is 17.4. The lowest BCUT2D eigenvalue weighted by Crippen LogP contribution is -1.98. The van der Waals surface area contributed by atoms with Gasteiger partial charge in [-0.25, -0.2) is 4.79 Å². The van der Waals surface area contributed by atoms with Crippen LogP contribution in [0.2, 0.25) is 0 Å². The fourth-order valence-corrected chi connectivity index (χ4v) is 2.93. The van der Waals surface area contributed by atoms with Crippen molar-refractivity contribution in [3.8, 4) is 22.8 Å². The maximum Gasteiger partial charge on any atom is 0.336 e. The van der Waals surface area contributed by atoms with Gasteiger partial charge in [-0.05, 0) is 37.3 Å². The van der Waals surface area contributed by atoms with Crippen LogP contribution in [0, 0.1) is 0 Å². The summed E-state index contributed by atoms with van der Waals surface area (Å²) in [6, 6.07) is 14.3. The van der Waals surface area contributed by atoms with E-state index in [1.54, 1.807) is 19.2 Å². The van der Waals surface area contributed by atoms with Gasteiger partial charge in [0.2, 0.25) is 0 Å². The monoisotopic (exact) mass is 336 g/mol. The first-order valence-corrected chi connectivity index (χ1v) is 7.97. The molecule has 0 spiro atoms. The topological polar surface area (TPSA) is 61.8 Å². The number of benzene rings is 2. The highest BCUT2D eigenvalue weighted by atomic mass is 16.5. The number of hydrogen-bond donors (Lipinski definition) is 0. The van der Waals surface area contributed by atoms with E-state index in [1.165, 1.54) is 6.07 Å². The molecule has 0 aliphatic heterocycles. The Hall–Kier alpha value is -3.21. The molecule has 0 aliphatic rings. The molecule has 0 aliphatic carbocycles. The Labute approximate surface area is 143 Å². The molecule has 0 radical (unpaired) electrons. The van der Waals surface area contributed by atoms with Gasteiger partial charge in [-0.15, -0.1) is 0 Å². The Morgan fingerprint density at radius 1 is 1.04 bits per heavy atom. The van der Waals surface area contributed by atoms with Gasteiger partial charge in [0.1, 0.15) is 17.1 Å². The van der Waals surface area contributed by atoms with Gasteiger partial charge < -0.3 is 18.3 Å². The molecule has 4 rings (SSSR count). The molecule has 5 nitrogen and oxygen atoms in total. The van der Waals surface area contributed by atoms with Crippen LogP contribution in [0.3, 0.4) is 0 Å². The summed E-state index contributed by atoms with van der Waals surface area (Å²) < 4.78 is 22.2. The first-order chi connectivity index (χ1) is 12.2. The van der Waals surface area contributed by atoms with Crippen LogP contribution in [0.15, 0.2) is 62.2 Å². The van der Waals surface area contributed by atoms with Crippen molar-refractivity contribution >= 4 is 21.9 Å². The summed E-state index contributed by atoms with van der Waals surface area (Å²) in [6.07, 6.45) is 0. The maximum absolute atomic E-state index is 12.0. The quantitative estimate of drug-likeness (QED) is 0.509. The molecule has 2 aromatic heterocycles. The molecule has 4 aromatic rings. The van der Waals surface area contributed by atoms with E-state index in [2.05, 4.69) is 0 Å². The number of fused-ring (bicyclic) bond motifs is 2. The third kappa shape index (κ3) is 2.63. The minimum absolute atomic E-state index is 0.431. The van der Waals surface area contributed by atoms with Crippen LogP contribution in [-0.2, 0) is 0 Å². The van der Waals surface area contributed by atoms with Gasteiger partial charge in [-0.3, -0.25) is 0 Å². The second-order valence-electron chi connectivity index (χ2n) is 5.56. The highest BCUT2D eigenvalue weighted by molar-refractivity contribution is 5.96. The minimum Gasteiger partial charge on any atom is -0.494 e. The fraction of sp³-hybridized carbons (Fsp3) is 0.150. The first-order valence-electron chi connectivity index (χ1n) is 7.97. The lowest BCUT2D eigenvalue weighted by molar-refractivity contribution is 0.340. The number of rotatable bonds is 4. The standard InChI is InChI=1S/C20H16O5/c1-3-23-13-7-8-16-14(10-13)15(11-19(21)24-16)18-9-12-5-4-6-17(22-2)20(12)25-18/h4-11H,3H2,1-2H3. The van der Waals surface area contributed by atoms with Gasteiger partial charge in [0, 0.05) is 22.4 Å². The van der Waals surface area contributed by atoms with E-state index >= 15 is 0 Å². The molecular weight excluding hydrogens is 320 g/mol. The highest BCUT2D eigenvalue weighted by Crippen LogP contribution is 2.36. The number of furan rings is 1. The summed E-state index contributed by atoms with van der Waals surface area (Å²) in [5.41, 5.74) is 1.35. The average Bonchev–Trinajstić information content (AvgIpc) is 3.05. The molecule has 0 saturated heterocycles. The molecule has 0 unspecified atom stereocenters. The molecule has 126 valence electrons. The van der Waals surface area contributed by atoms with Crippen molar-refractivity contribution in [1.29, 1.82) is 0 Å². The summed E-state index contributed by atoms with van der Waals surface area (Å²) in [4.78, 5) is 12.0. The Balaban J connectivity index is 1.99. The van der Waals surface area contributed by atoms with Crippen LogP contribution >= 0.6 is 0 Å². The lowest BCUT2D eigenvalue weighted by atomic mass is 10.1. The number of ether oxygens (including phenoxy) is 2. The largest absolute Gasteiger partial charge is 0.494 e. The van der Waals surface area contributed by atoms with Crippen molar-refractivity contribution < 1.29 is 18.3 Å². The summed E-state index contributed by atoms with van der Waals surface area (Å²) in [5.74, 6) is 1.93. The molecule has 2 heterocycles. The third-order valence-corrected chi connectivity index (χ3v) is 4.02. The van der Waals surface area contributed by atoms with Gasteiger partial charge in [0.25, 0.3) is 0 Å². The van der Waals surface area contributed by atoms with Crippen molar-refractivity contribution in [2.24, 2.45) is 0 Å². The lowest BCUT2D eigenvalue weighted by Gasteiger charge is -2.06. The summed E-state index contributed by atoms with van der Waals surface area (Å²) in [6.45, 7) is 2.47. The van der Waals surface area contributed by atoms with Gasteiger partial charge in [0.15, 0.2) is 11.3 Å². The molecule has 2 aromatic carbocycles. The molecular formula is C20H16O5. The van der Waals surface area contributed by atoms with Crippen LogP contribution in [-0.4, -0.2) is 13.7 Å². The Morgan fingerprint density at radius 3 is 2.72 bits per heavy atom. The van der Waals surface area contributed by atoms with Crippen LogP contribution in [0.5, 0.6) is 11.5 Å². The Kier molecular flexibility index (Phi) is 3.69. The van der Waals surface area contributed by atoms with Crippen LogP contribution < -0.4 is 15.1 Å². The maximum atomic E-state index is 12.0. The summed E-state index contributed by atoms with van der Waals surface area (Å²) in [5, 5.41) is 1.65. The molecule has 0 fully saturated rings. The summed E-state index contributed by atoms with van der Waals surface area (Å²) >= 11 is 0. The predicted octanol–water partition coefficient (Wildman–Crippen LogP) is 4.61. The van der Waals surface area contributed by atoms with Crippen LogP contribution in [0.25, 0.3) is 33.3 Å². The van der Waals surface area contributed by atoms with E-state index in [9.17, 15) is 4.79 Å². The SMILES string of the molecule is CCOc1ccc2oc(=O)cc(-c3cc4cccc(OC)c4o3)c2c1. The number of methoxy groups -OCH3 is 1. The number of para-hydroxylation sites is 1. The second-order valence-corrected chi connectivity index (χ2v) is 5.56. The molecule has 0 bridgehead atoms. The van der Waals surface area contributed by atoms with E-state index in [0.29, 0.717) is 40.6 Å². The zero-order valence-electron chi connectivity index (χ0n) is 13.9. The van der Waals surface area contributed by atoms with Gasteiger partial charge >= 0.3 is 5.63 Å². The van der Waals surface area contributed by atoms with Crippen LogP contribution in [0.4, 0.5) is 0 Å². The van der Waals surface area contributed by atoms with E-state index in [4.69, 9.17) is 18.3 Å². The van der Waals surface area contributed by atoms with Crippen molar-refractivity contribution in [2.45, 2.75) is 6.92 Å². The van der Waals surface area contributed by atoms with Crippen LogP contribution in [0.1, 0.15) is 6.92 Å². The third-order valence-electron chi connectivity index (χ3n) is 4.02. The van der Waals surface area contributed by atoms with Crippen molar-refractivity contribution in [3.05, 3.63) is 59.0 Å². The van der Waals surface area contributed by atoms with Gasteiger partial charge in [-0.1, -0.05) is 12.1 Å². The normalized spacial score (nSPS) is 11.1. The van der Waals surface area contributed by atoms with Gasteiger partial charge in [-0.2, -0.15) is 0 Å². The second kappa shape index (κ2) is 6.02. The molecule has 0 N–H and O–H groups in total. The smallest absolute Gasteiger partial charge is 0.336 e. The molecule has 0 atom stereocenters. The molecule has 0 saturated carbocycles. The highest BCUT2D eigenvalue weighted by Gasteiger charge is 2.15. The minimum atomic E-state index is -0.431. The van der Waals surface area contributed by atoms with Crippen molar-refractivity contribution in [1.82, 2.24) is 0 Å². The Morgan fingerprint density at radius 2 is 1.92 bits per heavy atom. The van der Waals surface area contributed by atoms with Crippen molar-refractivity contribution in [2.75, 3.05) is 13.7 Å². The molecule has 5 heteroatoms. The van der Waals surface area contributed by atoms with Crippen molar-refractivity contribution in [3.63, 3.8) is 0 Å². The number of hydrogen-bond acceptors (Lipinski definition) is 5. The zero-order valence-corrected chi connectivity index (χ0v) is 13.9. The van der Waals surface area contributed by atoms with E-state index in [-0.39, 0.29) is 0 Å². The van der Waals surface area contributed by atoms with E-state index < -0.39 is 5.63 Å². The Bertz CT molecular complexity index is 1120. The van der Waals surface area contributed by atoms with E-state index in [0.717, 1.165) is 10.8 Å². The molecule has 0 amide bonds.